The summed E-state index contributed by atoms with van der Waals surface area (Å²) in [5.74, 6) is 0.465. The van der Waals surface area contributed by atoms with Crippen LogP contribution in [0.1, 0.15) is 40.0 Å². The van der Waals surface area contributed by atoms with Crippen LogP contribution in [0.4, 0.5) is 0 Å². The standard InChI is InChI=1S/C29H24O4/c30-26-16-12-22(13-17-26)20-4-8-24(9-5-20)28(32)2-1-3-29(33)25-10-6-21(7-11-25)23-14-18-27(31)19-15-23/h4-19,30-31H,1-3H2. The summed E-state index contributed by atoms with van der Waals surface area (Å²) in [4.78, 5) is 25.0. The summed E-state index contributed by atoms with van der Waals surface area (Å²) >= 11 is 0. The third-order valence-corrected chi connectivity index (χ3v) is 5.62. The number of carbonyl (C=O) groups is 2. The first-order valence-corrected chi connectivity index (χ1v) is 10.8. The van der Waals surface area contributed by atoms with Crippen LogP contribution >= 0.6 is 0 Å². The van der Waals surface area contributed by atoms with E-state index in [0.717, 1.165) is 22.3 Å². The zero-order valence-corrected chi connectivity index (χ0v) is 18.1. The lowest BCUT2D eigenvalue weighted by molar-refractivity contribution is 0.0957. The highest BCUT2D eigenvalue weighted by Crippen LogP contribution is 2.24. The summed E-state index contributed by atoms with van der Waals surface area (Å²) in [7, 11) is 0. The molecule has 0 bridgehead atoms. The van der Waals surface area contributed by atoms with Crippen molar-refractivity contribution < 1.29 is 19.8 Å². The molecule has 4 heteroatoms. The number of carbonyl (C=O) groups excluding carboxylic acids is 2. The summed E-state index contributed by atoms with van der Waals surface area (Å²) in [5.41, 5.74) is 5.13. The van der Waals surface area contributed by atoms with E-state index >= 15 is 0 Å². The second-order valence-corrected chi connectivity index (χ2v) is 7.95. The molecule has 164 valence electrons. The largest absolute Gasteiger partial charge is 0.508 e. The SMILES string of the molecule is O=C(CCCC(=O)c1ccc(-c2ccc(O)cc2)cc1)c1ccc(-c2ccc(O)cc2)cc1. The lowest BCUT2D eigenvalue weighted by Crippen LogP contribution is -2.03. The molecule has 4 rings (SSSR count). The van der Waals surface area contributed by atoms with Gasteiger partial charge in [-0.3, -0.25) is 9.59 Å². The van der Waals surface area contributed by atoms with Gasteiger partial charge in [0.15, 0.2) is 11.6 Å². The fourth-order valence-electron chi connectivity index (χ4n) is 3.70. The van der Waals surface area contributed by atoms with Crippen molar-refractivity contribution in [1.29, 1.82) is 0 Å². The van der Waals surface area contributed by atoms with Crippen LogP contribution in [0.15, 0.2) is 97.1 Å². The summed E-state index contributed by atoms with van der Waals surface area (Å²) in [5, 5.41) is 18.8. The van der Waals surface area contributed by atoms with E-state index in [1.54, 1.807) is 48.5 Å². The van der Waals surface area contributed by atoms with E-state index in [4.69, 9.17) is 0 Å². The van der Waals surface area contributed by atoms with E-state index in [2.05, 4.69) is 0 Å². The van der Waals surface area contributed by atoms with Gasteiger partial charge in [0.2, 0.25) is 0 Å². The van der Waals surface area contributed by atoms with E-state index in [-0.39, 0.29) is 23.1 Å². The van der Waals surface area contributed by atoms with Crippen molar-refractivity contribution in [2.24, 2.45) is 0 Å². The van der Waals surface area contributed by atoms with Gasteiger partial charge in [0, 0.05) is 24.0 Å². The van der Waals surface area contributed by atoms with Crippen LogP contribution in [0.25, 0.3) is 22.3 Å². The smallest absolute Gasteiger partial charge is 0.162 e. The van der Waals surface area contributed by atoms with Crippen molar-refractivity contribution in [3.8, 4) is 33.8 Å². The lowest BCUT2D eigenvalue weighted by Gasteiger charge is -2.06. The maximum absolute atomic E-state index is 12.5. The second-order valence-electron chi connectivity index (χ2n) is 7.95. The molecule has 0 aromatic heterocycles. The molecule has 0 radical (unpaired) electrons. The second kappa shape index (κ2) is 9.96. The van der Waals surface area contributed by atoms with Gasteiger partial charge in [-0.2, -0.15) is 0 Å². The van der Waals surface area contributed by atoms with Gasteiger partial charge >= 0.3 is 0 Å². The topological polar surface area (TPSA) is 74.6 Å². The van der Waals surface area contributed by atoms with Crippen molar-refractivity contribution in [1.82, 2.24) is 0 Å². The number of hydrogen-bond acceptors (Lipinski definition) is 4. The highest BCUT2D eigenvalue weighted by atomic mass is 16.3. The summed E-state index contributed by atoms with van der Waals surface area (Å²) in [6.45, 7) is 0. The molecule has 33 heavy (non-hydrogen) atoms. The number of ketones is 2. The minimum Gasteiger partial charge on any atom is -0.508 e. The molecule has 0 saturated heterocycles. The first-order valence-electron chi connectivity index (χ1n) is 10.8. The number of Topliss-reactive ketones (excluding diaryl/α,β-unsaturated/α-hetero) is 2. The highest BCUT2D eigenvalue weighted by Gasteiger charge is 2.10. The van der Waals surface area contributed by atoms with Crippen LogP contribution in [0.3, 0.4) is 0 Å². The molecule has 0 heterocycles. The molecule has 0 saturated carbocycles. The van der Waals surface area contributed by atoms with Crippen molar-refractivity contribution in [3.05, 3.63) is 108 Å². The molecule has 0 aliphatic heterocycles. The van der Waals surface area contributed by atoms with Gasteiger partial charge in [-0.05, 0) is 52.9 Å². The predicted octanol–water partition coefficient (Wildman–Crippen LogP) is 6.67. The number of hydrogen-bond donors (Lipinski definition) is 2. The molecule has 4 nitrogen and oxygen atoms in total. The minimum absolute atomic E-state index is 0.0164. The molecule has 2 N–H and O–H groups in total. The monoisotopic (exact) mass is 436 g/mol. The summed E-state index contributed by atoms with van der Waals surface area (Å²) in [6, 6.07) is 28.6. The Morgan fingerprint density at radius 3 is 1.03 bits per heavy atom. The third-order valence-electron chi connectivity index (χ3n) is 5.62. The van der Waals surface area contributed by atoms with Gasteiger partial charge in [0.1, 0.15) is 11.5 Å². The minimum atomic E-state index is 0.0164. The van der Waals surface area contributed by atoms with Crippen LogP contribution in [0.5, 0.6) is 11.5 Å². The van der Waals surface area contributed by atoms with Crippen molar-refractivity contribution in [2.75, 3.05) is 0 Å². The van der Waals surface area contributed by atoms with Crippen LogP contribution < -0.4 is 0 Å². The molecule has 0 aliphatic rings. The van der Waals surface area contributed by atoms with E-state index < -0.39 is 0 Å². The zero-order valence-electron chi connectivity index (χ0n) is 18.1. The number of phenols is 2. The quantitative estimate of drug-likeness (QED) is 0.303. The van der Waals surface area contributed by atoms with E-state index in [1.807, 2.05) is 48.5 Å². The van der Waals surface area contributed by atoms with Crippen LogP contribution in [0, 0.1) is 0 Å². The van der Waals surface area contributed by atoms with Crippen LogP contribution in [0.2, 0.25) is 0 Å². The maximum Gasteiger partial charge on any atom is 0.162 e. The van der Waals surface area contributed by atoms with E-state index in [9.17, 15) is 19.8 Å². The molecule has 0 atom stereocenters. The first-order chi connectivity index (χ1) is 16.0. The number of rotatable bonds is 8. The summed E-state index contributed by atoms with van der Waals surface area (Å²) < 4.78 is 0. The van der Waals surface area contributed by atoms with Gasteiger partial charge in [-0.15, -0.1) is 0 Å². The summed E-state index contributed by atoms with van der Waals surface area (Å²) in [6.07, 6.45) is 1.13. The average molecular weight is 437 g/mol. The fourth-order valence-corrected chi connectivity index (χ4v) is 3.70. The van der Waals surface area contributed by atoms with Gasteiger partial charge in [-0.25, -0.2) is 0 Å². The Morgan fingerprint density at radius 2 is 0.727 bits per heavy atom. The van der Waals surface area contributed by atoms with E-state index in [1.165, 1.54) is 0 Å². The fraction of sp³-hybridized carbons (Fsp3) is 0.103. The van der Waals surface area contributed by atoms with E-state index in [0.29, 0.717) is 30.4 Å². The third kappa shape index (κ3) is 5.55. The maximum atomic E-state index is 12.5. The Morgan fingerprint density at radius 1 is 0.455 bits per heavy atom. The molecule has 4 aromatic carbocycles. The number of phenolic OH excluding ortho intramolecular Hbond substituents is 2. The zero-order chi connectivity index (χ0) is 23.2. The Kier molecular flexibility index (Phi) is 6.65. The molecule has 0 fully saturated rings. The molecule has 0 unspecified atom stereocenters. The molecule has 0 aliphatic carbocycles. The van der Waals surface area contributed by atoms with Crippen molar-refractivity contribution >= 4 is 11.6 Å². The van der Waals surface area contributed by atoms with Crippen molar-refractivity contribution in [2.45, 2.75) is 19.3 Å². The molecule has 0 spiro atoms. The molecule has 0 amide bonds. The Balaban J connectivity index is 1.29. The Bertz CT molecular complexity index is 1140. The normalized spacial score (nSPS) is 10.7. The van der Waals surface area contributed by atoms with Crippen molar-refractivity contribution in [3.63, 3.8) is 0 Å². The van der Waals surface area contributed by atoms with Crippen LogP contribution in [-0.2, 0) is 0 Å². The number of benzene rings is 4. The lowest BCUT2D eigenvalue weighted by atomic mass is 9.98. The van der Waals surface area contributed by atoms with Gasteiger partial charge in [-0.1, -0.05) is 72.8 Å². The highest BCUT2D eigenvalue weighted by molar-refractivity contribution is 5.98. The van der Waals surface area contributed by atoms with Gasteiger partial charge < -0.3 is 10.2 Å². The average Bonchev–Trinajstić information content (AvgIpc) is 2.85. The van der Waals surface area contributed by atoms with Gasteiger partial charge in [0.25, 0.3) is 0 Å². The predicted molar refractivity (Wildman–Crippen MR) is 130 cm³/mol. The molecular weight excluding hydrogens is 412 g/mol. The Hall–Kier alpha value is -4.18. The molecule has 4 aromatic rings. The number of aromatic hydroxyl groups is 2. The first kappa shape index (κ1) is 22.0. The van der Waals surface area contributed by atoms with Crippen LogP contribution in [-0.4, -0.2) is 21.8 Å². The van der Waals surface area contributed by atoms with Gasteiger partial charge in [0.05, 0.1) is 0 Å². The molecular formula is C29H24O4. The Labute approximate surface area is 192 Å².